The van der Waals surface area contributed by atoms with E-state index >= 15 is 0 Å². The maximum atomic E-state index is 12.4. The van der Waals surface area contributed by atoms with E-state index in [0.717, 1.165) is 37.2 Å². The van der Waals surface area contributed by atoms with Gasteiger partial charge in [-0.05, 0) is 38.3 Å². The Bertz CT molecular complexity index is 667. The van der Waals surface area contributed by atoms with Gasteiger partial charge in [0.25, 0.3) is 5.91 Å². The van der Waals surface area contributed by atoms with E-state index in [4.69, 9.17) is 10.3 Å². The fourth-order valence-electron chi connectivity index (χ4n) is 2.79. The van der Waals surface area contributed by atoms with E-state index in [2.05, 4.69) is 15.5 Å². The van der Waals surface area contributed by atoms with Gasteiger partial charge < -0.3 is 20.5 Å². The molecule has 1 aliphatic heterocycles. The first-order valence-corrected chi connectivity index (χ1v) is 7.82. The van der Waals surface area contributed by atoms with Gasteiger partial charge in [0.05, 0.1) is 17.6 Å². The van der Waals surface area contributed by atoms with Crippen molar-refractivity contribution in [3.63, 3.8) is 0 Å². The van der Waals surface area contributed by atoms with Crippen LogP contribution in [0.4, 0.5) is 11.5 Å². The summed E-state index contributed by atoms with van der Waals surface area (Å²) in [7, 11) is 0. The zero-order valence-corrected chi connectivity index (χ0v) is 13.2. The zero-order valence-electron chi connectivity index (χ0n) is 13.2. The van der Waals surface area contributed by atoms with Crippen LogP contribution >= 0.6 is 0 Å². The summed E-state index contributed by atoms with van der Waals surface area (Å²) in [4.78, 5) is 18.3. The number of hydrogen-bond donors (Lipinski definition) is 2. The summed E-state index contributed by atoms with van der Waals surface area (Å²) in [6.07, 6.45) is 4.56. The molecule has 7 heteroatoms. The third-order valence-electron chi connectivity index (χ3n) is 4.01. The number of carbonyl (C=O) groups excluding carboxylic acids is 1. The van der Waals surface area contributed by atoms with Gasteiger partial charge in [-0.15, -0.1) is 0 Å². The first-order chi connectivity index (χ1) is 11.1. The third-order valence-corrected chi connectivity index (χ3v) is 4.01. The highest BCUT2D eigenvalue weighted by atomic mass is 16.5. The topological polar surface area (TPSA) is 97.3 Å². The van der Waals surface area contributed by atoms with Gasteiger partial charge in [-0.2, -0.15) is 0 Å². The van der Waals surface area contributed by atoms with Gasteiger partial charge in [-0.3, -0.25) is 4.79 Å². The summed E-state index contributed by atoms with van der Waals surface area (Å²) in [5, 5.41) is 7.24. The Morgan fingerprint density at radius 3 is 2.96 bits per heavy atom. The number of likely N-dealkylation sites (tertiary alicyclic amines) is 1. The molecule has 3 N–H and O–H groups in total. The van der Waals surface area contributed by atoms with Crippen LogP contribution in [0, 0.1) is 6.92 Å². The van der Waals surface area contributed by atoms with Crippen molar-refractivity contribution in [2.24, 2.45) is 0 Å². The van der Waals surface area contributed by atoms with Crippen molar-refractivity contribution < 1.29 is 9.32 Å². The molecule has 7 nitrogen and oxygen atoms in total. The Morgan fingerprint density at radius 1 is 1.39 bits per heavy atom. The molecule has 2 aromatic rings. The van der Waals surface area contributed by atoms with E-state index in [1.54, 1.807) is 18.3 Å². The summed E-state index contributed by atoms with van der Waals surface area (Å²) >= 11 is 0. The summed E-state index contributed by atoms with van der Waals surface area (Å²) in [5.74, 6) is 0.743. The monoisotopic (exact) mass is 315 g/mol. The molecule has 1 fully saturated rings. The minimum atomic E-state index is -0.0830. The van der Waals surface area contributed by atoms with Crippen molar-refractivity contribution in [2.45, 2.75) is 32.2 Å². The van der Waals surface area contributed by atoms with E-state index in [9.17, 15) is 4.79 Å². The van der Waals surface area contributed by atoms with Gasteiger partial charge in [-0.25, -0.2) is 4.98 Å². The standard InChI is InChI=1S/C16H21N5O2/c1-11-9-14(23-20-11)16(22)21-7-2-3-12(6-8-21)19-13-4-5-15(17)18-10-13/h4-5,9-10,12,19H,2-3,6-8H2,1H3,(H2,17,18)/t12-/m0/s1. The number of aryl methyl sites for hydroxylation is 1. The second-order valence-electron chi connectivity index (χ2n) is 5.87. The van der Waals surface area contributed by atoms with Gasteiger partial charge in [0.1, 0.15) is 5.82 Å². The Hall–Kier alpha value is -2.57. The SMILES string of the molecule is Cc1cc(C(=O)N2CCC[C@H](Nc3ccc(N)nc3)CC2)on1. The summed E-state index contributed by atoms with van der Waals surface area (Å²) < 4.78 is 5.08. The van der Waals surface area contributed by atoms with Gasteiger partial charge >= 0.3 is 0 Å². The average Bonchev–Trinajstić information content (AvgIpc) is 2.84. The lowest BCUT2D eigenvalue weighted by atomic mass is 10.1. The molecular formula is C16H21N5O2. The van der Waals surface area contributed by atoms with Crippen molar-refractivity contribution in [2.75, 3.05) is 24.1 Å². The fourth-order valence-corrected chi connectivity index (χ4v) is 2.79. The molecule has 1 saturated heterocycles. The summed E-state index contributed by atoms with van der Waals surface area (Å²) in [6.45, 7) is 3.23. The normalized spacial score (nSPS) is 18.5. The maximum Gasteiger partial charge on any atom is 0.292 e. The van der Waals surface area contributed by atoms with Gasteiger partial charge in [0.2, 0.25) is 5.76 Å². The average molecular weight is 315 g/mol. The largest absolute Gasteiger partial charge is 0.384 e. The number of nitrogen functional groups attached to an aromatic ring is 1. The Labute approximate surface area is 134 Å². The summed E-state index contributed by atoms with van der Waals surface area (Å²) in [6, 6.07) is 5.70. The van der Waals surface area contributed by atoms with Crippen LogP contribution in [0.2, 0.25) is 0 Å². The van der Waals surface area contributed by atoms with E-state index in [0.29, 0.717) is 24.2 Å². The van der Waals surface area contributed by atoms with Crippen molar-refractivity contribution >= 4 is 17.4 Å². The Kier molecular flexibility index (Phi) is 4.45. The van der Waals surface area contributed by atoms with Crippen LogP contribution in [0.3, 0.4) is 0 Å². The molecule has 3 heterocycles. The molecule has 3 rings (SSSR count). The first-order valence-electron chi connectivity index (χ1n) is 7.82. The predicted molar refractivity (Wildman–Crippen MR) is 87.1 cm³/mol. The molecule has 23 heavy (non-hydrogen) atoms. The highest BCUT2D eigenvalue weighted by Gasteiger charge is 2.24. The lowest BCUT2D eigenvalue weighted by molar-refractivity contribution is 0.0719. The molecule has 1 atom stereocenters. The number of rotatable bonds is 3. The molecule has 0 aliphatic carbocycles. The van der Waals surface area contributed by atoms with Crippen LogP contribution in [0.5, 0.6) is 0 Å². The number of nitrogens with zero attached hydrogens (tertiary/aromatic N) is 3. The first kappa shape index (κ1) is 15.3. The molecule has 0 aromatic carbocycles. The van der Waals surface area contributed by atoms with E-state index in [1.807, 2.05) is 17.9 Å². The molecule has 0 bridgehead atoms. The number of aromatic nitrogens is 2. The fraction of sp³-hybridized carbons (Fsp3) is 0.438. The molecule has 1 amide bonds. The third kappa shape index (κ3) is 3.80. The van der Waals surface area contributed by atoms with Crippen LogP contribution in [-0.4, -0.2) is 40.1 Å². The summed E-state index contributed by atoms with van der Waals surface area (Å²) in [5.41, 5.74) is 7.27. The molecule has 0 spiro atoms. The molecular weight excluding hydrogens is 294 g/mol. The van der Waals surface area contributed by atoms with E-state index in [-0.39, 0.29) is 5.91 Å². The Morgan fingerprint density at radius 2 is 2.26 bits per heavy atom. The lowest BCUT2D eigenvalue weighted by Gasteiger charge is -2.20. The highest BCUT2D eigenvalue weighted by Crippen LogP contribution is 2.18. The number of pyridine rings is 1. The smallest absolute Gasteiger partial charge is 0.292 e. The van der Waals surface area contributed by atoms with E-state index < -0.39 is 0 Å². The lowest BCUT2D eigenvalue weighted by Crippen LogP contribution is -2.32. The van der Waals surface area contributed by atoms with Crippen molar-refractivity contribution in [3.05, 3.63) is 35.9 Å². The molecule has 1 aliphatic rings. The van der Waals surface area contributed by atoms with Crippen molar-refractivity contribution in [1.82, 2.24) is 15.0 Å². The van der Waals surface area contributed by atoms with Crippen LogP contribution in [-0.2, 0) is 0 Å². The van der Waals surface area contributed by atoms with Gasteiger partial charge in [0.15, 0.2) is 0 Å². The second-order valence-corrected chi connectivity index (χ2v) is 5.87. The highest BCUT2D eigenvalue weighted by molar-refractivity contribution is 5.91. The van der Waals surface area contributed by atoms with Crippen LogP contribution in [0.1, 0.15) is 35.5 Å². The van der Waals surface area contributed by atoms with E-state index in [1.165, 1.54) is 0 Å². The molecule has 0 radical (unpaired) electrons. The minimum Gasteiger partial charge on any atom is -0.384 e. The number of amides is 1. The van der Waals surface area contributed by atoms with Crippen LogP contribution in [0.25, 0.3) is 0 Å². The number of hydrogen-bond acceptors (Lipinski definition) is 6. The van der Waals surface area contributed by atoms with Crippen LogP contribution < -0.4 is 11.1 Å². The Balaban J connectivity index is 1.58. The molecule has 0 unspecified atom stereocenters. The predicted octanol–water partition coefficient (Wildman–Crippen LogP) is 2.07. The number of carbonyl (C=O) groups is 1. The quantitative estimate of drug-likeness (QED) is 0.900. The van der Waals surface area contributed by atoms with Crippen LogP contribution in [0.15, 0.2) is 28.9 Å². The zero-order chi connectivity index (χ0) is 16.2. The second kappa shape index (κ2) is 6.68. The van der Waals surface area contributed by atoms with Gasteiger partial charge in [-0.1, -0.05) is 5.16 Å². The molecule has 0 saturated carbocycles. The molecule has 2 aromatic heterocycles. The van der Waals surface area contributed by atoms with Crippen molar-refractivity contribution in [1.29, 1.82) is 0 Å². The molecule has 122 valence electrons. The maximum absolute atomic E-state index is 12.4. The van der Waals surface area contributed by atoms with Crippen molar-refractivity contribution in [3.8, 4) is 0 Å². The number of anilines is 2. The van der Waals surface area contributed by atoms with Gasteiger partial charge in [0, 0.05) is 25.2 Å². The number of nitrogens with one attached hydrogen (secondary N) is 1. The minimum absolute atomic E-state index is 0.0830. The number of nitrogens with two attached hydrogens (primary N) is 1.